The van der Waals surface area contributed by atoms with E-state index in [4.69, 9.17) is 0 Å². The molecule has 1 atom stereocenters. The van der Waals surface area contributed by atoms with Crippen LogP contribution in [0, 0.1) is 0 Å². The highest BCUT2D eigenvalue weighted by atomic mass is 16.2. The maximum Gasteiger partial charge on any atom is 0.329 e. The minimum atomic E-state index is 0.0208. The fraction of sp³-hybridized carbons (Fsp3) is 0.600. The average Bonchev–Trinajstić information content (AvgIpc) is 2.81. The topological polar surface area (TPSA) is 50.2 Å². The lowest BCUT2D eigenvalue weighted by Crippen LogP contribution is -2.48. The van der Waals surface area contributed by atoms with E-state index in [1.54, 1.807) is 18.7 Å². The molecule has 1 N–H and O–H groups in total. The molecule has 1 saturated heterocycles. The second kappa shape index (κ2) is 4.44. The lowest BCUT2D eigenvalue weighted by atomic mass is 10.1. The van der Waals surface area contributed by atoms with Crippen LogP contribution >= 0.6 is 0 Å². The van der Waals surface area contributed by atoms with Crippen molar-refractivity contribution in [3.8, 4) is 0 Å². The summed E-state index contributed by atoms with van der Waals surface area (Å²) in [6.45, 7) is 1.63. The fourth-order valence-corrected chi connectivity index (χ4v) is 1.92. The third-order valence-electron chi connectivity index (χ3n) is 2.83. The molecule has 0 spiro atoms. The van der Waals surface area contributed by atoms with Gasteiger partial charge in [0.1, 0.15) is 6.33 Å². The quantitative estimate of drug-likeness (QED) is 0.732. The molecular formula is C10H16N4O. The van der Waals surface area contributed by atoms with Crippen molar-refractivity contribution in [1.82, 2.24) is 19.8 Å². The highest BCUT2D eigenvalue weighted by Crippen LogP contribution is 2.10. The van der Waals surface area contributed by atoms with E-state index < -0.39 is 0 Å². The van der Waals surface area contributed by atoms with Gasteiger partial charge in [-0.15, -0.1) is 0 Å². The number of imidazole rings is 1. The second-order valence-electron chi connectivity index (χ2n) is 3.83. The van der Waals surface area contributed by atoms with Crippen LogP contribution in [-0.2, 0) is 0 Å². The first-order chi connectivity index (χ1) is 7.31. The summed E-state index contributed by atoms with van der Waals surface area (Å²) in [6.07, 6.45) is 7.06. The summed E-state index contributed by atoms with van der Waals surface area (Å²) in [5.41, 5.74) is 0. The molecule has 1 aliphatic rings. The van der Waals surface area contributed by atoms with Crippen molar-refractivity contribution >= 4 is 6.03 Å². The zero-order valence-electron chi connectivity index (χ0n) is 8.89. The van der Waals surface area contributed by atoms with Crippen molar-refractivity contribution in [3.05, 3.63) is 18.7 Å². The van der Waals surface area contributed by atoms with Crippen LogP contribution in [0.2, 0.25) is 0 Å². The predicted octanol–water partition coefficient (Wildman–Crippen LogP) is 0.535. The van der Waals surface area contributed by atoms with Crippen LogP contribution in [0.4, 0.5) is 4.79 Å². The van der Waals surface area contributed by atoms with Gasteiger partial charge in [-0.2, -0.15) is 0 Å². The van der Waals surface area contributed by atoms with Crippen LogP contribution in [-0.4, -0.2) is 46.7 Å². The number of likely N-dealkylation sites (tertiary alicyclic amines) is 1. The number of nitrogens with one attached hydrogen (secondary N) is 1. The number of carbonyl (C=O) groups is 1. The highest BCUT2D eigenvalue weighted by molar-refractivity contribution is 5.76. The number of aromatic nitrogens is 2. The average molecular weight is 208 g/mol. The van der Waals surface area contributed by atoms with E-state index in [2.05, 4.69) is 10.3 Å². The first-order valence-corrected chi connectivity index (χ1v) is 5.26. The molecule has 1 fully saturated rings. The van der Waals surface area contributed by atoms with E-state index >= 15 is 0 Å². The Hall–Kier alpha value is -1.36. The zero-order valence-corrected chi connectivity index (χ0v) is 8.89. The zero-order chi connectivity index (χ0) is 10.7. The molecule has 2 heterocycles. The summed E-state index contributed by atoms with van der Waals surface area (Å²) in [5, 5.41) is 3.22. The van der Waals surface area contributed by atoms with E-state index in [1.165, 1.54) is 4.57 Å². The maximum absolute atomic E-state index is 11.9. The number of carbonyl (C=O) groups excluding carboxylic acids is 1. The Labute approximate surface area is 89.1 Å². The molecule has 0 aliphatic carbocycles. The van der Waals surface area contributed by atoms with Crippen molar-refractivity contribution < 1.29 is 4.79 Å². The van der Waals surface area contributed by atoms with E-state index in [1.807, 2.05) is 11.9 Å². The summed E-state index contributed by atoms with van der Waals surface area (Å²) in [7, 11) is 1.94. The molecule has 5 nitrogen and oxygen atoms in total. The Kier molecular flexibility index (Phi) is 3.01. The van der Waals surface area contributed by atoms with Gasteiger partial charge in [0.2, 0.25) is 0 Å². The monoisotopic (exact) mass is 208 g/mol. The Morgan fingerprint density at radius 1 is 1.60 bits per heavy atom. The summed E-state index contributed by atoms with van der Waals surface area (Å²) in [4.78, 5) is 17.7. The Morgan fingerprint density at radius 3 is 3.13 bits per heavy atom. The number of rotatable bonds is 1. The van der Waals surface area contributed by atoms with Gasteiger partial charge < -0.3 is 10.2 Å². The van der Waals surface area contributed by atoms with Gasteiger partial charge in [0.25, 0.3) is 0 Å². The molecule has 0 aromatic carbocycles. The minimum Gasteiger partial charge on any atom is -0.322 e. The van der Waals surface area contributed by atoms with Gasteiger partial charge in [-0.1, -0.05) is 0 Å². The van der Waals surface area contributed by atoms with Gasteiger partial charge in [-0.3, -0.25) is 4.57 Å². The van der Waals surface area contributed by atoms with Crippen molar-refractivity contribution in [2.45, 2.75) is 18.9 Å². The van der Waals surface area contributed by atoms with Gasteiger partial charge in [0.05, 0.1) is 0 Å². The second-order valence-corrected chi connectivity index (χ2v) is 3.83. The number of piperidine rings is 1. The molecule has 0 saturated carbocycles. The molecule has 2 rings (SSSR count). The molecule has 1 aromatic heterocycles. The van der Waals surface area contributed by atoms with E-state index in [-0.39, 0.29) is 6.03 Å². The number of nitrogens with zero attached hydrogens (tertiary/aromatic N) is 3. The molecule has 15 heavy (non-hydrogen) atoms. The van der Waals surface area contributed by atoms with Gasteiger partial charge >= 0.3 is 6.03 Å². The largest absolute Gasteiger partial charge is 0.329 e. The van der Waals surface area contributed by atoms with Crippen molar-refractivity contribution in [2.75, 3.05) is 20.1 Å². The normalized spacial score (nSPS) is 21.7. The lowest BCUT2D eigenvalue weighted by Gasteiger charge is -2.32. The smallest absolute Gasteiger partial charge is 0.322 e. The van der Waals surface area contributed by atoms with Crippen LogP contribution in [0.1, 0.15) is 12.8 Å². The third kappa shape index (κ3) is 2.18. The fourth-order valence-electron chi connectivity index (χ4n) is 1.92. The van der Waals surface area contributed by atoms with Crippen LogP contribution in [0.5, 0.6) is 0 Å². The maximum atomic E-state index is 11.9. The van der Waals surface area contributed by atoms with E-state index in [0.717, 1.165) is 25.9 Å². The van der Waals surface area contributed by atoms with Crippen LogP contribution < -0.4 is 5.32 Å². The van der Waals surface area contributed by atoms with Crippen LogP contribution in [0.25, 0.3) is 0 Å². The molecule has 82 valence electrons. The SMILES string of the molecule is CN[C@@H]1CCCN(C(=O)n2ccnc2)C1. The molecule has 0 unspecified atom stereocenters. The van der Waals surface area contributed by atoms with E-state index in [0.29, 0.717) is 6.04 Å². The highest BCUT2D eigenvalue weighted by Gasteiger charge is 2.23. The summed E-state index contributed by atoms with van der Waals surface area (Å²) in [5.74, 6) is 0. The van der Waals surface area contributed by atoms with Crippen molar-refractivity contribution in [1.29, 1.82) is 0 Å². The Bertz CT molecular complexity index is 322. The molecular weight excluding hydrogens is 192 g/mol. The number of amides is 1. The molecule has 1 amide bonds. The first kappa shape index (κ1) is 10.2. The molecule has 5 heteroatoms. The molecule has 0 bridgehead atoms. The predicted molar refractivity (Wildman–Crippen MR) is 56.7 cm³/mol. The molecule has 1 aromatic rings. The summed E-state index contributed by atoms with van der Waals surface area (Å²) < 4.78 is 1.53. The first-order valence-electron chi connectivity index (χ1n) is 5.26. The summed E-state index contributed by atoms with van der Waals surface area (Å²) >= 11 is 0. The van der Waals surface area contributed by atoms with Crippen molar-refractivity contribution in [3.63, 3.8) is 0 Å². The third-order valence-corrected chi connectivity index (χ3v) is 2.83. The van der Waals surface area contributed by atoms with Gasteiger partial charge in [0, 0.05) is 31.5 Å². The van der Waals surface area contributed by atoms with Crippen LogP contribution in [0.15, 0.2) is 18.7 Å². The van der Waals surface area contributed by atoms with E-state index in [9.17, 15) is 4.79 Å². The van der Waals surface area contributed by atoms with Gasteiger partial charge in [-0.05, 0) is 19.9 Å². The Balaban J connectivity index is 2.01. The van der Waals surface area contributed by atoms with Gasteiger partial charge in [0.15, 0.2) is 0 Å². The van der Waals surface area contributed by atoms with Crippen LogP contribution in [0.3, 0.4) is 0 Å². The molecule has 1 aliphatic heterocycles. The standard InChI is InChI=1S/C10H16N4O/c1-11-9-3-2-5-13(7-9)10(15)14-6-4-12-8-14/h4,6,8-9,11H,2-3,5,7H2,1H3/t9-/m1/s1. The van der Waals surface area contributed by atoms with Gasteiger partial charge in [-0.25, -0.2) is 9.78 Å². The molecule has 0 radical (unpaired) electrons. The number of likely N-dealkylation sites (N-methyl/N-ethyl adjacent to an activating group) is 1. The summed E-state index contributed by atoms with van der Waals surface area (Å²) in [6, 6.07) is 0.443. The number of hydrogen-bond acceptors (Lipinski definition) is 3. The minimum absolute atomic E-state index is 0.0208. The number of hydrogen-bond donors (Lipinski definition) is 1. The lowest BCUT2D eigenvalue weighted by molar-refractivity contribution is 0.176. The van der Waals surface area contributed by atoms with Crippen molar-refractivity contribution in [2.24, 2.45) is 0 Å². The Morgan fingerprint density at radius 2 is 2.47 bits per heavy atom.